The monoisotopic (exact) mass is 305 g/mol. The van der Waals surface area contributed by atoms with Crippen LogP contribution in [0.2, 0.25) is 5.02 Å². The maximum absolute atomic E-state index is 12.1. The number of rotatable bonds is 6. The van der Waals surface area contributed by atoms with Gasteiger partial charge < -0.3 is 5.32 Å². The molecule has 1 amide bonds. The van der Waals surface area contributed by atoms with Crippen molar-refractivity contribution in [2.75, 3.05) is 12.1 Å². The Morgan fingerprint density at radius 3 is 2.83 bits per heavy atom. The Kier molecular flexibility index (Phi) is 6.90. The predicted octanol–water partition coefficient (Wildman–Crippen LogP) is 4.20. The quantitative estimate of drug-likeness (QED) is 0.630. The highest BCUT2D eigenvalue weighted by molar-refractivity contribution is 7.98. The van der Waals surface area contributed by atoms with Gasteiger partial charge in [-0.2, -0.15) is 0 Å². The molecule has 0 radical (unpaired) electrons. The Labute approximate surface area is 122 Å². The summed E-state index contributed by atoms with van der Waals surface area (Å²) in [6, 6.07) is 5.58. The third kappa shape index (κ3) is 4.71. The molecule has 0 saturated heterocycles. The van der Waals surface area contributed by atoms with Gasteiger partial charge in [-0.15, -0.1) is 23.4 Å². The first-order chi connectivity index (χ1) is 8.58. The molecule has 1 aromatic rings. The fourth-order valence-corrected chi connectivity index (χ4v) is 2.36. The lowest BCUT2D eigenvalue weighted by Crippen LogP contribution is -2.32. The van der Waals surface area contributed by atoms with Gasteiger partial charge in [0.1, 0.15) is 0 Å². The number of nitrogens with one attached hydrogen (secondary N) is 1. The van der Waals surface area contributed by atoms with Gasteiger partial charge in [0.2, 0.25) is 0 Å². The van der Waals surface area contributed by atoms with Gasteiger partial charge in [-0.25, -0.2) is 0 Å². The molecule has 0 fully saturated rings. The van der Waals surface area contributed by atoms with Gasteiger partial charge in [0.25, 0.3) is 5.91 Å². The largest absolute Gasteiger partial charge is 0.350 e. The smallest absolute Gasteiger partial charge is 0.253 e. The number of hydrogen-bond donors (Lipinski definition) is 1. The van der Waals surface area contributed by atoms with Crippen molar-refractivity contribution in [2.24, 2.45) is 0 Å². The summed E-state index contributed by atoms with van der Waals surface area (Å²) in [6.07, 6.45) is 3.73. The van der Waals surface area contributed by atoms with Crippen LogP contribution < -0.4 is 5.32 Å². The molecule has 2 nitrogen and oxygen atoms in total. The normalized spacial score (nSPS) is 12.2. The van der Waals surface area contributed by atoms with Crippen molar-refractivity contribution < 1.29 is 4.79 Å². The highest BCUT2D eigenvalue weighted by Gasteiger charge is 2.13. The van der Waals surface area contributed by atoms with Crippen molar-refractivity contribution in [3.8, 4) is 0 Å². The molecule has 0 aliphatic heterocycles. The second-order valence-corrected chi connectivity index (χ2v) is 5.72. The fourth-order valence-electron chi connectivity index (χ4n) is 1.56. The van der Waals surface area contributed by atoms with Crippen molar-refractivity contribution in [2.45, 2.75) is 30.7 Å². The Hall–Kier alpha value is -0.380. The van der Waals surface area contributed by atoms with Gasteiger partial charge in [-0.1, -0.05) is 11.6 Å². The average molecular weight is 306 g/mol. The fraction of sp³-hybridized carbons (Fsp3) is 0.462. The number of carbonyl (C=O) groups is 1. The maximum Gasteiger partial charge on any atom is 0.253 e. The zero-order valence-corrected chi connectivity index (χ0v) is 12.8. The molecule has 0 spiro atoms. The number of benzene rings is 1. The first-order valence-electron chi connectivity index (χ1n) is 5.79. The highest BCUT2D eigenvalue weighted by atomic mass is 35.5. The molecule has 0 aliphatic rings. The summed E-state index contributed by atoms with van der Waals surface area (Å²) in [5.41, 5.74) is 0.529. The van der Waals surface area contributed by atoms with Crippen LogP contribution in [0.5, 0.6) is 0 Å². The number of carbonyl (C=O) groups excluding carboxylic acids is 1. The standard InChI is InChI=1S/C13H17Cl2NOS/c1-9(4-3-7-14)16-13(17)11-8-10(18-2)5-6-12(11)15/h5-6,8-9H,3-4,7H2,1-2H3,(H,16,17). The van der Waals surface area contributed by atoms with Gasteiger partial charge in [0.15, 0.2) is 0 Å². The minimum atomic E-state index is -0.127. The molecule has 5 heteroatoms. The lowest BCUT2D eigenvalue weighted by Gasteiger charge is -2.14. The third-order valence-corrected chi connectivity index (χ3v) is 3.89. The van der Waals surface area contributed by atoms with Crippen molar-refractivity contribution >= 4 is 40.9 Å². The summed E-state index contributed by atoms with van der Waals surface area (Å²) in [5, 5.41) is 3.41. The lowest BCUT2D eigenvalue weighted by atomic mass is 10.1. The van der Waals surface area contributed by atoms with E-state index in [9.17, 15) is 4.79 Å². The first kappa shape index (κ1) is 15.7. The summed E-state index contributed by atoms with van der Waals surface area (Å²) < 4.78 is 0. The topological polar surface area (TPSA) is 29.1 Å². The van der Waals surface area contributed by atoms with Gasteiger partial charge in [-0.3, -0.25) is 4.79 Å². The molecule has 1 N–H and O–H groups in total. The summed E-state index contributed by atoms with van der Waals surface area (Å²) in [6.45, 7) is 1.97. The summed E-state index contributed by atoms with van der Waals surface area (Å²) in [7, 11) is 0. The molecule has 100 valence electrons. The van der Waals surface area contributed by atoms with Crippen molar-refractivity contribution in [3.05, 3.63) is 28.8 Å². The Morgan fingerprint density at radius 2 is 2.22 bits per heavy atom. The van der Waals surface area contributed by atoms with Crippen LogP contribution in [-0.2, 0) is 0 Å². The zero-order chi connectivity index (χ0) is 13.5. The molecular weight excluding hydrogens is 289 g/mol. The average Bonchev–Trinajstić information content (AvgIpc) is 2.36. The summed E-state index contributed by atoms with van der Waals surface area (Å²) >= 11 is 13.3. The Bertz CT molecular complexity index is 412. The maximum atomic E-state index is 12.1. The molecule has 0 aliphatic carbocycles. The molecule has 0 saturated carbocycles. The molecule has 0 heterocycles. The molecule has 1 aromatic carbocycles. The van der Waals surface area contributed by atoms with E-state index in [2.05, 4.69) is 5.32 Å². The van der Waals surface area contributed by atoms with Crippen LogP contribution in [0.15, 0.2) is 23.1 Å². The molecule has 1 rings (SSSR count). The molecule has 0 aromatic heterocycles. The van der Waals surface area contributed by atoms with Crippen LogP contribution in [0.3, 0.4) is 0 Å². The van der Waals surface area contributed by atoms with Gasteiger partial charge in [0.05, 0.1) is 10.6 Å². The molecule has 0 bridgehead atoms. The van der Waals surface area contributed by atoms with E-state index >= 15 is 0 Å². The highest BCUT2D eigenvalue weighted by Crippen LogP contribution is 2.23. The van der Waals surface area contributed by atoms with Crippen molar-refractivity contribution in [1.29, 1.82) is 0 Å². The predicted molar refractivity (Wildman–Crippen MR) is 80.1 cm³/mol. The zero-order valence-electron chi connectivity index (χ0n) is 10.5. The molecule has 1 atom stereocenters. The van der Waals surface area contributed by atoms with E-state index in [-0.39, 0.29) is 11.9 Å². The molecule has 18 heavy (non-hydrogen) atoms. The van der Waals surface area contributed by atoms with Crippen molar-refractivity contribution in [1.82, 2.24) is 5.32 Å². The van der Waals surface area contributed by atoms with Crippen LogP contribution in [0.1, 0.15) is 30.1 Å². The van der Waals surface area contributed by atoms with Crippen LogP contribution in [0.4, 0.5) is 0 Å². The first-order valence-corrected chi connectivity index (χ1v) is 7.92. The third-order valence-electron chi connectivity index (χ3n) is 2.57. The van der Waals surface area contributed by atoms with E-state index in [0.717, 1.165) is 17.7 Å². The van der Waals surface area contributed by atoms with Gasteiger partial charge in [0, 0.05) is 16.8 Å². The minimum absolute atomic E-state index is 0.102. The Morgan fingerprint density at radius 1 is 1.50 bits per heavy atom. The van der Waals surface area contributed by atoms with Crippen LogP contribution in [0, 0.1) is 0 Å². The number of hydrogen-bond acceptors (Lipinski definition) is 2. The van der Waals surface area contributed by atoms with E-state index in [1.165, 1.54) is 0 Å². The van der Waals surface area contributed by atoms with Crippen LogP contribution in [-0.4, -0.2) is 24.1 Å². The summed E-state index contributed by atoms with van der Waals surface area (Å²) in [4.78, 5) is 13.1. The van der Waals surface area contributed by atoms with Crippen LogP contribution in [0.25, 0.3) is 0 Å². The molecule has 1 unspecified atom stereocenters. The van der Waals surface area contributed by atoms with E-state index in [0.29, 0.717) is 16.5 Å². The number of alkyl halides is 1. The lowest BCUT2D eigenvalue weighted by molar-refractivity contribution is 0.0938. The van der Waals surface area contributed by atoms with E-state index < -0.39 is 0 Å². The van der Waals surface area contributed by atoms with Crippen LogP contribution >= 0.6 is 35.0 Å². The minimum Gasteiger partial charge on any atom is -0.350 e. The number of thioether (sulfide) groups is 1. The second kappa shape index (κ2) is 7.93. The number of amides is 1. The van der Waals surface area contributed by atoms with Gasteiger partial charge in [-0.05, 0) is 44.2 Å². The number of halogens is 2. The second-order valence-electron chi connectivity index (χ2n) is 4.05. The molecular formula is C13H17Cl2NOS. The van der Waals surface area contributed by atoms with Crippen molar-refractivity contribution in [3.63, 3.8) is 0 Å². The summed E-state index contributed by atoms with van der Waals surface area (Å²) in [5.74, 6) is 0.487. The SMILES string of the molecule is CSc1ccc(Cl)c(C(=O)NC(C)CCCCl)c1. The Balaban J connectivity index is 2.71. The van der Waals surface area contributed by atoms with E-state index in [1.807, 2.05) is 25.3 Å². The van der Waals surface area contributed by atoms with E-state index in [1.54, 1.807) is 17.8 Å². The van der Waals surface area contributed by atoms with E-state index in [4.69, 9.17) is 23.2 Å². The van der Waals surface area contributed by atoms with Gasteiger partial charge >= 0.3 is 0 Å².